The van der Waals surface area contributed by atoms with Crippen molar-refractivity contribution >= 4 is 32.5 Å². The van der Waals surface area contributed by atoms with Crippen LogP contribution in [0.1, 0.15) is 6.92 Å². The van der Waals surface area contributed by atoms with Crippen LogP contribution < -0.4 is 14.8 Å². The van der Waals surface area contributed by atoms with Crippen molar-refractivity contribution in [1.82, 2.24) is 14.8 Å². The zero-order valence-electron chi connectivity index (χ0n) is 13.3. The third-order valence-corrected chi connectivity index (χ3v) is 5.84. The molecule has 1 rings (SSSR count). The van der Waals surface area contributed by atoms with E-state index in [0.717, 1.165) is 24.3 Å². The molecule has 0 bridgehead atoms. The molecule has 0 aliphatic rings. The lowest BCUT2D eigenvalue weighted by Crippen LogP contribution is -2.37. The molecule has 3 N–H and O–H groups in total. The largest absolute Gasteiger partial charge is 0.402 e. The maximum Gasteiger partial charge on any atom is 0.402 e. The van der Waals surface area contributed by atoms with Crippen LogP contribution in [0.2, 0.25) is 0 Å². The highest BCUT2D eigenvalue weighted by molar-refractivity contribution is 7.90. The van der Waals surface area contributed by atoms with E-state index in [1.54, 1.807) is 14.0 Å². The summed E-state index contributed by atoms with van der Waals surface area (Å²) >= 11 is 0. The monoisotopic (exact) mass is 425 g/mol. The maximum absolute atomic E-state index is 12.1. The minimum Gasteiger partial charge on any atom is -0.316 e. The van der Waals surface area contributed by atoms with E-state index < -0.39 is 37.7 Å². The minimum absolute atomic E-state index is 0. The molecular formula is C12H19ClF3N3O4S2. The molecule has 0 heterocycles. The number of rotatable bonds is 8. The normalized spacial score (nSPS) is 14.0. The van der Waals surface area contributed by atoms with Gasteiger partial charge in [0.05, 0.1) is 9.79 Å². The number of nitrogens with one attached hydrogen (secondary N) is 3. The summed E-state index contributed by atoms with van der Waals surface area (Å²) in [4.78, 5) is -0.658. The van der Waals surface area contributed by atoms with Crippen LogP contribution in [-0.4, -0.2) is 49.2 Å². The van der Waals surface area contributed by atoms with Gasteiger partial charge in [0, 0.05) is 12.6 Å². The molecule has 13 heteroatoms. The molecule has 0 aromatic heterocycles. The van der Waals surface area contributed by atoms with Crippen LogP contribution in [-0.2, 0) is 20.0 Å². The molecule has 1 aromatic carbocycles. The van der Waals surface area contributed by atoms with E-state index in [-0.39, 0.29) is 29.9 Å². The van der Waals surface area contributed by atoms with Gasteiger partial charge in [0.2, 0.25) is 20.0 Å². The molecule has 0 fully saturated rings. The van der Waals surface area contributed by atoms with Gasteiger partial charge in [-0.05, 0) is 38.2 Å². The summed E-state index contributed by atoms with van der Waals surface area (Å²) in [5.41, 5.74) is 0. The topological polar surface area (TPSA) is 104 Å². The van der Waals surface area contributed by atoms with Crippen molar-refractivity contribution in [3.63, 3.8) is 0 Å². The summed E-state index contributed by atoms with van der Waals surface area (Å²) in [6, 6.07) is 3.75. The summed E-state index contributed by atoms with van der Waals surface area (Å²) in [7, 11) is -6.57. The van der Waals surface area contributed by atoms with Gasteiger partial charge in [-0.1, -0.05) is 0 Å². The molecule has 25 heavy (non-hydrogen) atoms. The minimum atomic E-state index is -4.69. The number of alkyl halides is 3. The second-order valence-corrected chi connectivity index (χ2v) is 8.49. The lowest BCUT2D eigenvalue weighted by Gasteiger charge is -2.12. The van der Waals surface area contributed by atoms with Crippen molar-refractivity contribution in [3.8, 4) is 0 Å². The van der Waals surface area contributed by atoms with E-state index in [1.807, 2.05) is 0 Å². The fraction of sp³-hybridized carbons (Fsp3) is 0.500. The van der Waals surface area contributed by atoms with Gasteiger partial charge in [-0.15, -0.1) is 12.4 Å². The van der Waals surface area contributed by atoms with Crippen molar-refractivity contribution in [3.05, 3.63) is 24.3 Å². The Morgan fingerprint density at radius 2 is 1.36 bits per heavy atom. The summed E-state index contributed by atoms with van der Waals surface area (Å²) < 4.78 is 87.4. The highest BCUT2D eigenvalue weighted by Gasteiger charge is 2.30. The maximum atomic E-state index is 12.1. The fourth-order valence-corrected chi connectivity index (χ4v) is 3.62. The second kappa shape index (κ2) is 9.14. The standard InChI is InChI=1S/C12H18F3N3O4S2.ClH/c1-9(16-2)7-17-23(19,20)10-3-5-11(6-4-10)24(21,22)18-8-12(13,14)15;/h3-6,9,16-18H,7-8H2,1-2H3;1H. The molecule has 1 unspecified atom stereocenters. The molecule has 0 spiro atoms. The SMILES string of the molecule is CNC(C)CNS(=O)(=O)c1ccc(S(=O)(=O)NCC(F)(F)F)cc1.Cl. The summed E-state index contributed by atoms with van der Waals surface area (Å²) in [5, 5.41) is 2.84. The van der Waals surface area contributed by atoms with Crippen molar-refractivity contribution in [2.24, 2.45) is 0 Å². The average molecular weight is 426 g/mol. The Kier molecular flexibility index (Phi) is 8.81. The van der Waals surface area contributed by atoms with Crippen LogP contribution in [0.25, 0.3) is 0 Å². The van der Waals surface area contributed by atoms with Crippen molar-refractivity contribution < 1.29 is 30.0 Å². The predicted molar refractivity (Wildman–Crippen MR) is 88.6 cm³/mol. The Morgan fingerprint density at radius 1 is 0.960 bits per heavy atom. The quantitative estimate of drug-likeness (QED) is 0.572. The number of sulfonamides is 2. The van der Waals surface area contributed by atoms with Crippen molar-refractivity contribution in [2.45, 2.75) is 28.9 Å². The van der Waals surface area contributed by atoms with E-state index in [0.29, 0.717) is 0 Å². The van der Waals surface area contributed by atoms with Gasteiger partial charge in [-0.25, -0.2) is 26.3 Å². The van der Waals surface area contributed by atoms with E-state index >= 15 is 0 Å². The van der Waals surface area contributed by atoms with Gasteiger partial charge in [0.1, 0.15) is 6.54 Å². The molecule has 1 atom stereocenters. The lowest BCUT2D eigenvalue weighted by molar-refractivity contribution is -0.121. The molecule has 0 aliphatic heterocycles. The Balaban J connectivity index is 0.00000576. The third kappa shape index (κ3) is 7.88. The molecule has 1 aromatic rings. The molecule has 0 amide bonds. The van der Waals surface area contributed by atoms with Crippen molar-refractivity contribution in [1.29, 1.82) is 0 Å². The molecule has 0 saturated carbocycles. The second-order valence-electron chi connectivity index (χ2n) is 4.95. The Bertz CT molecular complexity index is 753. The molecule has 0 aliphatic carbocycles. The molecule has 146 valence electrons. The summed E-state index contributed by atoms with van der Waals surface area (Å²) in [6.07, 6.45) is -4.69. The molecular weight excluding hydrogens is 407 g/mol. The highest BCUT2D eigenvalue weighted by Crippen LogP contribution is 2.17. The van der Waals surface area contributed by atoms with E-state index in [4.69, 9.17) is 0 Å². The molecule has 0 radical (unpaired) electrons. The van der Waals surface area contributed by atoms with Crippen LogP contribution in [0.5, 0.6) is 0 Å². The number of likely N-dealkylation sites (N-methyl/N-ethyl adjacent to an activating group) is 1. The first-order valence-electron chi connectivity index (χ1n) is 6.71. The molecule has 7 nitrogen and oxygen atoms in total. The molecule has 0 saturated heterocycles. The van der Waals surface area contributed by atoms with Gasteiger partial charge in [-0.2, -0.15) is 13.2 Å². The van der Waals surface area contributed by atoms with Crippen LogP contribution in [0.3, 0.4) is 0 Å². The first-order valence-corrected chi connectivity index (χ1v) is 9.67. The van der Waals surface area contributed by atoms with Gasteiger partial charge >= 0.3 is 6.18 Å². The summed E-state index contributed by atoms with van der Waals surface area (Å²) in [6.45, 7) is 0.162. The summed E-state index contributed by atoms with van der Waals surface area (Å²) in [5.74, 6) is 0. The number of halogens is 4. The van der Waals surface area contributed by atoms with E-state index in [9.17, 15) is 30.0 Å². The highest BCUT2D eigenvalue weighted by atomic mass is 35.5. The van der Waals surface area contributed by atoms with E-state index in [1.165, 1.54) is 4.72 Å². The number of hydrogen-bond donors (Lipinski definition) is 3. The Morgan fingerprint density at radius 3 is 1.72 bits per heavy atom. The Hall–Kier alpha value is -0.920. The lowest BCUT2D eigenvalue weighted by atomic mass is 10.4. The van der Waals surface area contributed by atoms with Gasteiger partial charge in [0.25, 0.3) is 0 Å². The van der Waals surface area contributed by atoms with Crippen LogP contribution in [0.15, 0.2) is 34.1 Å². The Labute approximate surface area is 150 Å². The van der Waals surface area contributed by atoms with Crippen molar-refractivity contribution in [2.75, 3.05) is 20.1 Å². The zero-order valence-corrected chi connectivity index (χ0v) is 15.7. The fourth-order valence-electron chi connectivity index (χ4n) is 1.48. The van der Waals surface area contributed by atoms with E-state index in [2.05, 4.69) is 10.0 Å². The predicted octanol–water partition coefficient (Wildman–Crippen LogP) is 0.835. The average Bonchev–Trinajstić information content (AvgIpc) is 2.50. The smallest absolute Gasteiger partial charge is 0.316 e. The number of hydrogen-bond acceptors (Lipinski definition) is 5. The van der Waals surface area contributed by atoms with Crippen LogP contribution in [0, 0.1) is 0 Å². The van der Waals surface area contributed by atoms with Gasteiger partial charge in [0.15, 0.2) is 0 Å². The number of benzene rings is 1. The third-order valence-electron chi connectivity index (χ3n) is 2.98. The van der Waals surface area contributed by atoms with Crippen LogP contribution in [0.4, 0.5) is 13.2 Å². The van der Waals surface area contributed by atoms with Gasteiger partial charge in [-0.3, -0.25) is 0 Å². The zero-order chi connectivity index (χ0) is 18.6. The van der Waals surface area contributed by atoms with Crippen LogP contribution >= 0.6 is 12.4 Å². The first-order chi connectivity index (χ1) is 10.9. The van der Waals surface area contributed by atoms with Gasteiger partial charge < -0.3 is 5.32 Å². The first kappa shape index (κ1) is 24.1.